The Balaban J connectivity index is 1.93. The molecule has 1 aromatic heterocycles. The molecule has 0 spiro atoms. The molecule has 1 aliphatic rings. The maximum absolute atomic E-state index is 6.12. The SMILES string of the molecule is CCCNC(c1cc2cc(C)ccc2o1)C1CCOC1C. The fourth-order valence-electron chi connectivity index (χ4n) is 3.29. The molecule has 2 aromatic rings. The van der Waals surface area contributed by atoms with Crippen LogP contribution in [-0.4, -0.2) is 19.3 Å². The van der Waals surface area contributed by atoms with Crippen molar-refractivity contribution in [3.8, 4) is 0 Å². The van der Waals surface area contributed by atoms with Crippen LogP contribution in [0.15, 0.2) is 28.7 Å². The van der Waals surface area contributed by atoms with E-state index in [1.807, 2.05) is 0 Å². The van der Waals surface area contributed by atoms with Crippen molar-refractivity contribution in [1.29, 1.82) is 0 Å². The number of rotatable bonds is 5. The number of ether oxygens (including phenoxy) is 1. The minimum absolute atomic E-state index is 0.246. The minimum Gasteiger partial charge on any atom is -0.459 e. The molecule has 0 radical (unpaired) electrons. The Morgan fingerprint density at radius 2 is 2.19 bits per heavy atom. The van der Waals surface area contributed by atoms with Crippen LogP contribution in [0.3, 0.4) is 0 Å². The average molecular weight is 287 g/mol. The van der Waals surface area contributed by atoms with E-state index in [2.05, 4.69) is 50.4 Å². The van der Waals surface area contributed by atoms with Crippen LogP contribution in [0.1, 0.15) is 44.1 Å². The molecule has 0 amide bonds. The van der Waals surface area contributed by atoms with Gasteiger partial charge in [0.05, 0.1) is 12.1 Å². The molecule has 3 rings (SSSR count). The summed E-state index contributed by atoms with van der Waals surface area (Å²) < 4.78 is 11.9. The normalized spacial score (nSPS) is 23.8. The van der Waals surface area contributed by atoms with Gasteiger partial charge in [0, 0.05) is 17.9 Å². The summed E-state index contributed by atoms with van der Waals surface area (Å²) in [5, 5.41) is 4.85. The molecule has 0 saturated carbocycles. The molecular formula is C18H25NO2. The van der Waals surface area contributed by atoms with Crippen LogP contribution < -0.4 is 5.32 Å². The van der Waals surface area contributed by atoms with Crippen LogP contribution in [0.2, 0.25) is 0 Å². The van der Waals surface area contributed by atoms with Crippen LogP contribution in [0.4, 0.5) is 0 Å². The maximum Gasteiger partial charge on any atom is 0.134 e. The van der Waals surface area contributed by atoms with Gasteiger partial charge >= 0.3 is 0 Å². The molecule has 1 saturated heterocycles. The van der Waals surface area contributed by atoms with E-state index in [9.17, 15) is 0 Å². The predicted octanol–water partition coefficient (Wildman–Crippen LogP) is 4.21. The van der Waals surface area contributed by atoms with Gasteiger partial charge in [0.2, 0.25) is 0 Å². The van der Waals surface area contributed by atoms with Crippen molar-refractivity contribution in [3.63, 3.8) is 0 Å². The Morgan fingerprint density at radius 1 is 1.33 bits per heavy atom. The third kappa shape index (κ3) is 2.99. The topological polar surface area (TPSA) is 34.4 Å². The first kappa shape index (κ1) is 14.6. The van der Waals surface area contributed by atoms with Gasteiger partial charge in [-0.3, -0.25) is 0 Å². The molecule has 114 valence electrons. The third-order valence-corrected chi connectivity index (χ3v) is 4.47. The second-order valence-electron chi connectivity index (χ2n) is 6.15. The molecule has 1 aromatic carbocycles. The second kappa shape index (κ2) is 6.20. The Labute approximate surface area is 126 Å². The van der Waals surface area contributed by atoms with Gasteiger partial charge in [-0.2, -0.15) is 0 Å². The van der Waals surface area contributed by atoms with E-state index in [1.54, 1.807) is 0 Å². The van der Waals surface area contributed by atoms with Crippen LogP contribution in [0.5, 0.6) is 0 Å². The van der Waals surface area contributed by atoms with Gasteiger partial charge in [0.15, 0.2) is 0 Å². The monoisotopic (exact) mass is 287 g/mol. The average Bonchev–Trinajstić information content (AvgIpc) is 3.06. The molecular weight excluding hydrogens is 262 g/mol. The highest BCUT2D eigenvalue weighted by molar-refractivity contribution is 5.78. The van der Waals surface area contributed by atoms with Gasteiger partial charge in [0.25, 0.3) is 0 Å². The summed E-state index contributed by atoms with van der Waals surface area (Å²) in [6, 6.07) is 8.80. The lowest BCUT2D eigenvalue weighted by Crippen LogP contribution is -2.32. The highest BCUT2D eigenvalue weighted by atomic mass is 16.5. The van der Waals surface area contributed by atoms with E-state index in [0.29, 0.717) is 5.92 Å². The Bertz CT molecular complexity index is 604. The summed E-state index contributed by atoms with van der Waals surface area (Å²) in [5.74, 6) is 1.53. The Morgan fingerprint density at radius 3 is 2.90 bits per heavy atom. The Kier molecular flexibility index (Phi) is 4.32. The lowest BCUT2D eigenvalue weighted by Gasteiger charge is -2.25. The molecule has 3 atom stereocenters. The van der Waals surface area contributed by atoms with Crippen molar-refractivity contribution in [1.82, 2.24) is 5.32 Å². The van der Waals surface area contributed by atoms with E-state index >= 15 is 0 Å². The van der Waals surface area contributed by atoms with Crippen molar-refractivity contribution >= 4 is 11.0 Å². The predicted molar refractivity (Wildman–Crippen MR) is 85.5 cm³/mol. The largest absolute Gasteiger partial charge is 0.459 e. The number of fused-ring (bicyclic) bond motifs is 1. The number of furan rings is 1. The molecule has 3 heteroatoms. The van der Waals surface area contributed by atoms with E-state index in [4.69, 9.17) is 9.15 Å². The summed E-state index contributed by atoms with van der Waals surface area (Å²) in [4.78, 5) is 0. The number of hydrogen-bond donors (Lipinski definition) is 1. The van der Waals surface area contributed by atoms with Gasteiger partial charge in [-0.05, 0) is 51.4 Å². The lowest BCUT2D eigenvalue weighted by atomic mass is 9.91. The summed E-state index contributed by atoms with van der Waals surface area (Å²) in [7, 11) is 0. The molecule has 1 aliphatic heterocycles. The van der Waals surface area contributed by atoms with Crippen LogP contribution in [0.25, 0.3) is 11.0 Å². The highest BCUT2D eigenvalue weighted by Crippen LogP contribution is 2.35. The summed E-state index contributed by atoms with van der Waals surface area (Å²) >= 11 is 0. The molecule has 1 fully saturated rings. The Hall–Kier alpha value is -1.32. The summed E-state index contributed by atoms with van der Waals surface area (Å²) in [6.07, 6.45) is 2.51. The van der Waals surface area contributed by atoms with Gasteiger partial charge in [0.1, 0.15) is 11.3 Å². The van der Waals surface area contributed by atoms with Gasteiger partial charge < -0.3 is 14.5 Å². The van der Waals surface area contributed by atoms with Gasteiger partial charge in [-0.25, -0.2) is 0 Å². The smallest absolute Gasteiger partial charge is 0.134 e. The first-order valence-electron chi connectivity index (χ1n) is 8.04. The van der Waals surface area contributed by atoms with Crippen LogP contribution in [0, 0.1) is 12.8 Å². The van der Waals surface area contributed by atoms with Gasteiger partial charge in [-0.1, -0.05) is 18.6 Å². The first-order valence-corrected chi connectivity index (χ1v) is 8.04. The fourth-order valence-corrected chi connectivity index (χ4v) is 3.29. The van der Waals surface area contributed by atoms with Crippen molar-refractivity contribution < 1.29 is 9.15 Å². The van der Waals surface area contributed by atoms with Crippen molar-refractivity contribution in [3.05, 3.63) is 35.6 Å². The fraction of sp³-hybridized carbons (Fsp3) is 0.556. The van der Waals surface area contributed by atoms with Crippen LogP contribution in [-0.2, 0) is 4.74 Å². The molecule has 0 bridgehead atoms. The quantitative estimate of drug-likeness (QED) is 0.894. The number of benzene rings is 1. The zero-order valence-electron chi connectivity index (χ0n) is 13.2. The van der Waals surface area contributed by atoms with Crippen molar-refractivity contribution in [2.45, 2.75) is 45.8 Å². The second-order valence-corrected chi connectivity index (χ2v) is 6.15. The standard InChI is InChI=1S/C18H25NO2/c1-4-8-19-18(15-7-9-20-13(15)3)17-11-14-10-12(2)5-6-16(14)21-17/h5-6,10-11,13,15,18-19H,4,7-9H2,1-3H3. The molecule has 1 N–H and O–H groups in total. The summed E-state index contributed by atoms with van der Waals surface area (Å²) in [5.41, 5.74) is 2.25. The van der Waals surface area contributed by atoms with Crippen molar-refractivity contribution in [2.24, 2.45) is 5.92 Å². The minimum atomic E-state index is 0.246. The maximum atomic E-state index is 6.12. The molecule has 2 heterocycles. The van der Waals surface area contributed by atoms with Gasteiger partial charge in [-0.15, -0.1) is 0 Å². The first-order chi connectivity index (χ1) is 10.2. The van der Waals surface area contributed by atoms with E-state index in [-0.39, 0.29) is 12.1 Å². The molecule has 21 heavy (non-hydrogen) atoms. The molecule has 0 aliphatic carbocycles. The van der Waals surface area contributed by atoms with Crippen molar-refractivity contribution in [2.75, 3.05) is 13.2 Å². The molecule has 3 unspecified atom stereocenters. The number of hydrogen-bond acceptors (Lipinski definition) is 3. The number of aryl methyl sites for hydroxylation is 1. The summed E-state index contributed by atoms with van der Waals surface area (Å²) in [6.45, 7) is 8.34. The number of nitrogens with one attached hydrogen (secondary N) is 1. The zero-order valence-corrected chi connectivity index (χ0v) is 13.2. The third-order valence-electron chi connectivity index (χ3n) is 4.47. The lowest BCUT2D eigenvalue weighted by molar-refractivity contribution is 0.0927. The molecule has 3 nitrogen and oxygen atoms in total. The highest BCUT2D eigenvalue weighted by Gasteiger charge is 2.34. The van der Waals surface area contributed by atoms with Crippen LogP contribution >= 0.6 is 0 Å². The van der Waals surface area contributed by atoms with E-state index < -0.39 is 0 Å². The van der Waals surface area contributed by atoms with E-state index in [0.717, 1.165) is 37.3 Å². The van der Waals surface area contributed by atoms with E-state index in [1.165, 1.54) is 10.9 Å². The zero-order chi connectivity index (χ0) is 14.8.